The summed E-state index contributed by atoms with van der Waals surface area (Å²) in [7, 11) is 1.77. The summed E-state index contributed by atoms with van der Waals surface area (Å²) in [6.45, 7) is 3.91. The van der Waals surface area contributed by atoms with Crippen molar-refractivity contribution in [2.75, 3.05) is 19.0 Å². The highest BCUT2D eigenvalue weighted by molar-refractivity contribution is 5.93. The van der Waals surface area contributed by atoms with Crippen LogP contribution in [0.15, 0.2) is 72.9 Å². The summed E-state index contributed by atoms with van der Waals surface area (Å²) >= 11 is 0. The average molecular weight is 467 g/mol. The number of aromatic nitrogens is 4. The molecule has 0 atom stereocenters. The maximum atomic E-state index is 12.3. The fourth-order valence-electron chi connectivity index (χ4n) is 3.72. The van der Waals surface area contributed by atoms with Crippen molar-refractivity contribution < 1.29 is 9.53 Å². The number of amides is 1. The molecule has 3 aromatic carbocycles. The molecule has 2 aromatic heterocycles. The number of aromatic amines is 1. The van der Waals surface area contributed by atoms with Gasteiger partial charge in [0.05, 0.1) is 17.2 Å². The lowest BCUT2D eigenvalue weighted by molar-refractivity contribution is -0.133. The minimum atomic E-state index is -0.0755. The van der Waals surface area contributed by atoms with Crippen LogP contribution in [0.1, 0.15) is 13.8 Å². The second kappa shape index (κ2) is 9.42. The van der Waals surface area contributed by atoms with Crippen LogP contribution in [0, 0.1) is 0 Å². The van der Waals surface area contributed by atoms with Gasteiger partial charge in [-0.3, -0.25) is 9.89 Å². The Labute approximate surface area is 203 Å². The zero-order valence-electron chi connectivity index (χ0n) is 19.8. The smallest absolute Gasteiger partial charge is 0.260 e. The standard InChI is InChI=1S/C27H26N6O2/c1-17(2)33(3)25(34)16-35-21-8-6-7-18(14-21)26-30-24-10-5-4-9-22(24)27(31-26)29-20-11-12-23-19(13-20)15-28-32-23/h4-15,17H,16H2,1-3H3,(H,28,32)(H,29,30,31). The second-order valence-corrected chi connectivity index (χ2v) is 8.62. The first-order valence-electron chi connectivity index (χ1n) is 11.4. The molecule has 35 heavy (non-hydrogen) atoms. The van der Waals surface area contributed by atoms with E-state index in [2.05, 4.69) is 15.5 Å². The van der Waals surface area contributed by atoms with Crippen LogP contribution in [0.25, 0.3) is 33.2 Å². The predicted molar refractivity (Wildman–Crippen MR) is 138 cm³/mol. The molecule has 8 nitrogen and oxygen atoms in total. The van der Waals surface area contributed by atoms with Crippen LogP contribution in [0.2, 0.25) is 0 Å². The average Bonchev–Trinajstić information content (AvgIpc) is 3.35. The molecule has 5 rings (SSSR count). The molecule has 0 radical (unpaired) electrons. The van der Waals surface area contributed by atoms with Gasteiger partial charge in [-0.1, -0.05) is 24.3 Å². The third-order valence-corrected chi connectivity index (χ3v) is 5.93. The molecule has 0 saturated heterocycles. The number of hydrogen-bond acceptors (Lipinski definition) is 6. The summed E-state index contributed by atoms with van der Waals surface area (Å²) < 4.78 is 5.78. The van der Waals surface area contributed by atoms with Crippen molar-refractivity contribution in [2.24, 2.45) is 0 Å². The van der Waals surface area contributed by atoms with E-state index in [0.717, 1.165) is 33.1 Å². The molecular weight excluding hydrogens is 440 g/mol. The van der Waals surface area contributed by atoms with Crippen molar-refractivity contribution in [3.05, 3.63) is 72.9 Å². The van der Waals surface area contributed by atoms with Gasteiger partial charge in [-0.05, 0) is 56.3 Å². The molecule has 0 bridgehead atoms. The first kappa shape index (κ1) is 22.3. The van der Waals surface area contributed by atoms with E-state index in [1.165, 1.54) is 0 Å². The Morgan fingerprint density at radius 3 is 2.77 bits per heavy atom. The summed E-state index contributed by atoms with van der Waals surface area (Å²) in [6.07, 6.45) is 1.79. The topological polar surface area (TPSA) is 96.0 Å². The lowest BCUT2D eigenvalue weighted by atomic mass is 10.1. The van der Waals surface area contributed by atoms with Gasteiger partial charge in [-0.2, -0.15) is 5.10 Å². The lowest BCUT2D eigenvalue weighted by Gasteiger charge is -2.21. The first-order valence-corrected chi connectivity index (χ1v) is 11.4. The van der Waals surface area contributed by atoms with Gasteiger partial charge in [0.1, 0.15) is 11.6 Å². The van der Waals surface area contributed by atoms with Crippen molar-refractivity contribution in [3.63, 3.8) is 0 Å². The molecule has 0 fully saturated rings. The molecule has 1 amide bonds. The normalized spacial score (nSPS) is 11.2. The Hall–Kier alpha value is -4.46. The summed E-state index contributed by atoms with van der Waals surface area (Å²) in [5.41, 5.74) is 3.49. The molecule has 5 aromatic rings. The fraction of sp³-hybridized carbons (Fsp3) is 0.185. The molecule has 0 aliphatic heterocycles. The number of nitrogens with one attached hydrogen (secondary N) is 2. The van der Waals surface area contributed by atoms with Crippen LogP contribution in [-0.4, -0.2) is 50.7 Å². The minimum absolute atomic E-state index is 0.0278. The number of para-hydroxylation sites is 1. The highest BCUT2D eigenvalue weighted by Gasteiger charge is 2.14. The number of ether oxygens (including phenoxy) is 1. The van der Waals surface area contributed by atoms with Gasteiger partial charge in [0.25, 0.3) is 5.91 Å². The fourth-order valence-corrected chi connectivity index (χ4v) is 3.72. The SMILES string of the molecule is CC(C)N(C)C(=O)COc1cccc(-c2nc(Nc3ccc4[nH]ncc4c3)c3ccccc3n2)c1. The van der Waals surface area contributed by atoms with Crippen LogP contribution in [0.5, 0.6) is 5.75 Å². The Bertz CT molecular complexity index is 1510. The quantitative estimate of drug-likeness (QED) is 0.344. The number of fused-ring (bicyclic) bond motifs is 2. The molecule has 0 aliphatic carbocycles. The Morgan fingerprint density at radius 2 is 1.91 bits per heavy atom. The Kier molecular flexibility index (Phi) is 6.01. The van der Waals surface area contributed by atoms with Crippen molar-refractivity contribution in [2.45, 2.75) is 19.9 Å². The van der Waals surface area contributed by atoms with Gasteiger partial charge in [-0.25, -0.2) is 9.97 Å². The molecule has 176 valence electrons. The Balaban J connectivity index is 1.46. The van der Waals surface area contributed by atoms with E-state index < -0.39 is 0 Å². The van der Waals surface area contributed by atoms with Crippen molar-refractivity contribution in [1.82, 2.24) is 25.1 Å². The van der Waals surface area contributed by atoms with E-state index in [4.69, 9.17) is 14.7 Å². The zero-order valence-corrected chi connectivity index (χ0v) is 19.8. The number of anilines is 2. The molecule has 2 heterocycles. The number of hydrogen-bond donors (Lipinski definition) is 2. The van der Waals surface area contributed by atoms with Gasteiger partial charge >= 0.3 is 0 Å². The van der Waals surface area contributed by atoms with Crippen molar-refractivity contribution >= 4 is 39.2 Å². The minimum Gasteiger partial charge on any atom is -0.484 e. The summed E-state index contributed by atoms with van der Waals surface area (Å²) in [6, 6.07) is 21.5. The number of benzene rings is 3. The molecule has 2 N–H and O–H groups in total. The van der Waals surface area contributed by atoms with E-state index in [1.807, 2.05) is 80.6 Å². The molecule has 8 heteroatoms. The van der Waals surface area contributed by atoms with E-state index in [0.29, 0.717) is 17.4 Å². The van der Waals surface area contributed by atoms with Crippen LogP contribution in [0.4, 0.5) is 11.5 Å². The van der Waals surface area contributed by atoms with Gasteiger partial charge < -0.3 is 15.0 Å². The zero-order chi connectivity index (χ0) is 24.4. The van der Waals surface area contributed by atoms with Crippen LogP contribution < -0.4 is 10.1 Å². The van der Waals surface area contributed by atoms with Crippen molar-refractivity contribution in [3.8, 4) is 17.1 Å². The molecule has 0 spiro atoms. The third-order valence-electron chi connectivity index (χ3n) is 5.93. The van der Waals surface area contributed by atoms with E-state index >= 15 is 0 Å². The second-order valence-electron chi connectivity index (χ2n) is 8.62. The molecule has 0 unspecified atom stereocenters. The van der Waals surface area contributed by atoms with E-state index in [-0.39, 0.29) is 18.6 Å². The molecule has 0 aliphatic rings. The number of nitrogens with zero attached hydrogens (tertiary/aromatic N) is 4. The maximum Gasteiger partial charge on any atom is 0.260 e. The van der Waals surface area contributed by atoms with Crippen LogP contribution in [-0.2, 0) is 4.79 Å². The maximum absolute atomic E-state index is 12.3. The highest BCUT2D eigenvalue weighted by atomic mass is 16.5. The summed E-state index contributed by atoms with van der Waals surface area (Å²) in [4.78, 5) is 23.6. The lowest BCUT2D eigenvalue weighted by Crippen LogP contribution is -2.36. The predicted octanol–water partition coefficient (Wildman–Crippen LogP) is 5.16. The van der Waals surface area contributed by atoms with Crippen LogP contribution in [0.3, 0.4) is 0 Å². The van der Waals surface area contributed by atoms with Crippen molar-refractivity contribution in [1.29, 1.82) is 0 Å². The van der Waals surface area contributed by atoms with Gasteiger partial charge in [0.15, 0.2) is 12.4 Å². The largest absolute Gasteiger partial charge is 0.484 e. The highest BCUT2D eigenvalue weighted by Crippen LogP contribution is 2.29. The van der Waals surface area contributed by atoms with Gasteiger partial charge in [0, 0.05) is 35.1 Å². The summed E-state index contributed by atoms with van der Waals surface area (Å²) in [5.74, 6) is 1.78. The number of carbonyl (C=O) groups is 1. The third kappa shape index (κ3) is 4.77. The Morgan fingerprint density at radius 1 is 1.06 bits per heavy atom. The number of carbonyl (C=O) groups excluding carboxylic acids is 1. The van der Waals surface area contributed by atoms with E-state index in [1.54, 1.807) is 18.1 Å². The molecular formula is C27H26N6O2. The van der Waals surface area contributed by atoms with Gasteiger partial charge in [0.2, 0.25) is 0 Å². The number of H-pyrrole nitrogens is 1. The van der Waals surface area contributed by atoms with Gasteiger partial charge in [-0.15, -0.1) is 0 Å². The number of rotatable bonds is 7. The summed E-state index contributed by atoms with van der Waals surface area (Å²) in [5, 5.41) is 12.4. The number of likely N-dealkylation sites (N-methyl/N-ethyl adjacent to an activating group) is 1. The first-order chi connectivity index (χ1) is 17.0. The van der Waals surface area contributed by atoms with Crippen LogP contribution >= 0.6 is 0 Å². The van der Waals surface area contributed by atoms with E-state index in [9.17, 15) is 4.79 Å². The molecule has 0 saturated carbocycles. The monoisotopic (exact) mass is 466 g/mol.